The molecule has 5 heteroatoms. The fourth-order valence-electron chi connectivity index (χ4n) is 3.99. The van der Waals surface area contributed by atoms with Crippen molar-refractivity contribution in [2.45, 2.75) is 84.6 Å². The van der Waals surface area contributed by atoms with Gasteiger partial charge in [-0.1, -0.05) is 30.4 Å². The largest absolute Gasteiger partial charge is 0.459 e. The molecule has 4 atom stereocenters. The van der Waals surface area contributed by atoms with Crippen LogP contribution in [-0.2, 0) is 14.2 Å². The number of hydrogen-bond acceptors (Lipinski definition) is 5. The summed E-state index contributed by atoms with van der Waals surface area (Å²) in [5, 5.41) is 10.6. The molecule has 1 N–H and O–H groups in total. The lowest BCUT2D eigenvalue weighted by Crippen LogP contribution is -2.34. The number of hydrogen-bond donors (Lipinski definition) is 1. The Morgan fingerprint density at radius 1 is 1.07 bits per heavy atom. The van der Waals surface area contributed by atoms with E-state index in [1.165, 1.54) is 0 Å². The van der Waals surface area contributed by atoms with Gasteiger partial charge in [0.25, 0.3) is 0 Å². The number of aryl methyl sites for hydroxylation is 1. The highest BCUT2D eigenvalue weighted by atomic mass is 16.8. The molecule has 0 radical (unpaired) electrons. The third kappa shape index (κ3) is 4.80. The highest BCUT2D eigenvalue weighted by Crippen LogP contribution is 2.33. The minimum atomic E-state index is -0.791. The maximum atomic E-state index is 12.9. The summed E-state index contributed by atoms with van der Waals surface area (Å²) >= 11 is 0. The van der Waals surface area contributed by atoms with Gasteiger partial charge in [-0.25, -0.2) is 4.79 Å². The van der Waals surface area contributed by atoms with Crippen LogP contribution in [0.15, 0.2) is 24.3 Å². The fraction of sp³-hybridized carbons (Fsp3) is 0.542. The van der Waals surface area contributed by atoms with Gasteiger partial charge < -0.3 is 19.3 Å². The Balaban J connectivity index is 2.01. The summed E-state index contributed by atoms with van der Waals surface area (Å²) in [4.78, 5) is 12.9. The first kappa shape index (κ1) is 21.8. The number of esters is 1. The molecule has 0 amide bonds. The molecule has 158 valence electrons. The Kier molecular flexibility index (Phi) is 6.32. The van der Waals surface area contributed by atoms with Gasteiger partial charge in [0.05, 0.1) is 11.7 Å². The maximum absolute atomic E-state index is 12.9. The quantitative estimate of drug-likeness (QED) is 0.516. The lowest BCUT2D eigenvalue weighted by molar-refractivity contribution is -0.152. The molecule has 0 bridgehead atoms. The van der Waals surface area contributed by atoms with Gasteiger partial charge in [0.15, 0.2) is 5.79 Å². The molecule has 2 aliphatic heterocycles. The minimum absolute atomic E-state index is 0.274. The molecule has 1 saturated heterocycles. The molecule has 0 saturated carbocycles. The normalized spacial score (nSPS) is 30.8. The zero-order chi connectivity index (χ0) is 21.3. The molecule has 3 rings (SSSR count). The molecule has 1 aromatic rings. The summed E-state index contributed by atoms with van der Waals surface area (Å²) in [5.74, 6) is -1.07. The Morgan fingerprint density at radius 2 is 1.79 bits per heavy atom. The number of benzene rings is 1. The van der Waals surface area contributed by atoms with Crippen molar-refractivity contribution in [2.24, 2.45) is 0 Å². The number of aliphatic hydroxyl groups is 1. The predicted molar refractivity (Wildman–Crippen MR) is 113 cm³/mol. The Morgan fingerprint density at radius 3 is 2.52 bits per heavy atom. The Labute approximate surface area is 173 Å². The van der Waals surface area contributed by atoms with Gasteiger partial charge in [0, 0.05) is 6.42 Å². The van der Waals surface area contributed by atoms with Crippen molar-refractivity contribution in [3.05, 3.63) is 52.1 Å². The average molecular weight is 401 g/mol. The van der Waals surface area contributed by atoms with Crippen LogP contribution in [-0.4, -0.2) is 41.3 Å². The van der Waals surface area contributed by atoms with E-state index in [1.54, 1.807) is 6.08 Å². The number of cyclic esters (lactones) is 1. The molecule has 2 heterocycles. The van der Waals surface area contributed by atoms with Crippen LogP contribution in [0.25, 0.3) is 6.08 Å². The lowest BCUT2D eigenvalue weighted by Gasteiger charge is -2.21. The van der Waals surface area contributed by atoms with Crippen LogP contribution in [0, 0.1) is 20.8 Å². The molecule has 29 heavy (non-hydrogen) atoms. The highest BCUT2D eigenvalue weighted by molar-refractivity contribution is 5.96. The molecule has 1 aromatic carbocycles. The van der Waals surface area contributed by atoms with Crippen LogP contribution in [0.4, 0.5) is 0 Å². The standard InChI is InChI=1S/C24H32O5/c1-14-13-18-10-8-12-20-22(29-24(5,6)28-20)19(25)11-7-9-15(2)27-23(26)21(18)17(4)16(14)3/h7-8,10-11,13,15,19-20,22,25H,9,12H2,1-6H3/b10-8?,11-7-/t15-,19?,20-,22+/m0/s1. The van der Waals surface area contributed by atoms with Gasteiger partial charge in [-0.15, -0.1) is 0 Å². The summed E-state index contributed by atoms with van der Waals surface area (Å²) in [5.41, 5.74) is 4.62. The van der Waals surface area contributed by atoms with Crippen LogP contribution in [0.5, 0.6) is 0 Å². The first-order valence-electron chi connectivity index (χ1n) is 10.3. The van der Waals surface area contributed by atoms with E-state index in [0.29, 0.717) is 18.4 Å². The van der Waals surface area contributed by atoms with E-state index in [0.717, 1.165) is 22.3 Å². The summed E-state index contributed by atoms with van der Waals surface area (Å²) < 4.78 is 17.7. The summed E-state index contributed by atoms with van der Waals surface area (Å²) in [7, 11) is 0. The second-order valence-corrected chi connectivity index (χ2v) is 8.55. The molecule has 5 nitrogen and oxygen atoms in total. The highest BCUT2D eigenvalue weighted by Gasteiger charge is 2.43. The lowest BCUT2D eigenvalue weighted by atomic mass is 9.93. The van der Waals surface area contributed by atoms with E-state index in [-0.39, 0.29) is 18.2 Å². The number of carbonyl (C=O) groups is 1. The predicted octanol–water partition coefficient (Wildman–Crippen LogP) is 4.40. The van der Waals surface area contributed by atoms with Gasteiger partial charge in [-0.05, 0) is 70.2 Å². The van der Waals surface area contributed by atoms with Crippen LogP contribution >= 0.6 is 0 Å². The van der Waals surface area contributed by atoms with E-state index >= 15 is 0 Å². The SMILES string of the molecule is Cc1cc2c(c(C)c1C)C(=O)O[C@@H](C)C/C=C\C(O)[C@H]1OC(C)(C)O[C@H]1CC=C2. The second kappa shape index (κ2) is 8.42. The first-order chi connectivity index (χ1) is 13.6. The number of fused-ring (bicyclic) bond motifs is 2. The smallest absolute Gasteiger partial charge is 0.339 e. The zero-order valence-electron chi connectivity index (χ0n) is 18.2. The Bertz CT molecular complexity index is 836. The summed E-state index contributed by atoms with van der Waals surface area (Å²) in [6, 6.07) is 2.02. The number of aliphatic hydroxyl groups excluding tert-OH is 1. The van der Waals surface area contributed by atoms with E-state index in [2.05, 4.69) is 0 Å². The monoisotopic (exact) mass is 400 g/mol. The van der Waals surface area contributed by atoms with Crippen LogP contribution in [0.2, 0.25) is 0 Å². The fourth-order valence-corrected chi connectivity index (χ4v) is 3.99. The summed E-state index contributed by atoms with van der Waals surface area (Å²) in [6.07, 6.45) is 6.72. The number of rotatable bonds is 0. The Hall–Kier alpha value is -1.95. The minimum Gasteiger partial charge on any atom is -0.459 e. The molecular weight excluding hydrogens is 368 g/mol. The third-order valence-corrected chi connectivity index (χ3v) is 5.73. The molecule has 1 unspecified atom stereocenters. The van der Waals surface area contributed by atoms with Gasteiger partial charge in [-0.3, -0.25) is 0 Å². The van der Waals surface area contributed by atoms with E-state index in [4.69, 9.17) is 14.2 Å². The van der Waals surface area contributed by atoms with E-state index in [9.17, 15) is 9.90 Å². The van der Waals surface area contributed by atoms with Gasteiger partial charge in [0.2, 0.25) is 0 Å². The van der Waals surface area contributed by atoms with Gasteiger partial charge >= 0.3 is 5.97 Å². The van der Waals surface area contributed by atoms with Crippen molar-refractivity contribution in [3.8, 4) is 0 Å². The van der Waals surface area contributed by atoms with Crippen LogP contribution < -0.4 is 0 Å². The molecule has 1 fully saturated rings. The van der Waals surface area contributed by atoms with Gasteiger partial charge in [-0.2, -0.15) is 0 Å². The average Bonchev–Trinajstić information content (AvgIpc) is 2.93. The van der Waals surface area contributed by atoms with Crippen molar-refractivity contribution in [2.75, 3.05) is 0 Å². The second-order valence-electron chi connectivity index (χ2n) is 8.55. The van der Waals surface area contributed by atoms with Crippen molar-refractivity contribution in [3.63, 3.8) is 0 Å². The van der Waals surface area contributed by atoms with Crippen LogP contribution in [0.1, 0.15) is 66.2 Å². The van der Waals surface area contributed by atoms with E-state index in [1.807, 2.05) is 65.8 Å². The third-order valence-electron chi connectivity index (χ3n) is 5.73. The van der Waals surface area contributed by atoms with Crippen LogP contribution in [0.3, 0.4) is 0 Å². The molecule has 2 aliphatic rings. The first-order valence-corrected chi connectivity index (χ1v) is 10.3. The van der Waals surface area contributed by atoms with E-state index < -0.39 is 18.0 Å². The number of carbonyl (C=O) groups excluding carboxylic acids is 1. The molecule has 0 aromatic heterocycles. The zero-order valence-corrected chi connectivity index (χ0v) is 18.2. The summed E-state index contributed by atoms with van der Waals surface area (Å²) in [6.45, 7) is 11.6. The van der Waals surface area contributed by atoms with Crippen molar-refractivity contribution < 1.29 is 24.1 Å². The molecular formula is C24H32O5. The van der Waals surface area contributed by atoms with Crippen molar-refractivity contribution in [1.82, 2.24) is 0 Å². The topological polar surface area (TPSA) is 65.0 Å². The molecule has 0 spiro atoms. The van der Waals surface area contributed by atoms with Gasteiger partial charge in [0.1, 0.15) is 18.3 Å². The van der Waals surface area contributed by atoms with Crippen molar-refractivity contribution in [1.29, 1.82) is 0 Å². The van der Waals surface area contributed by atoms with Crippen molar-refractivity contribution >= 4 is 12.0 Å². The number of ether oxygens (including phenoxy) is 3. The maximum Gasteiger partial charge on any atom is 0.339 e. The molecule has 0 aliphatic carbocycles.